The number of hydrogen-bond donors (Lipinski definition) is 0. The van der Waals surface area contributed by atoms with E-state index in [0.29, 0.717) is 0 Å². The molecule has 1 aliphatic rings. The summed E-state index contributed by atoms with van der Waals surface area (Å²) in [6, 6.07) is 6.27. The van der Waals surface area contributed by atoms with E-state index in [1.165, 1.54) is 21.2 Å². The van der Waals surface area contributed by atoms with E-state index in [0.717, 1.165) is 18.6 Å². The fourth-order valence-electron chi connectivity index (χ4n) is 1.78. The average Bonchev–Trinajstić information content (AvgIpc) is 2.23. The summed E-state index contributed by atoms with van der Waals surface area (Å²) in [5, 5.41) is 0. The Hall–Kier alpha value is -0.760. The zero-order valence-electron chi connectivity index (χ0n) is 8.43. The SMILES string of the molecule is COc1ccc2c(c1)CCC(C)=C2Br. The van der Waals surface area contributed by atoms with Crippen molar-refractivity contribution < 1.29 is 4.74 Å². The molecule has 2 rings (SSSR count). The van der Waals surface area contributed by atoms with Crippen LogP contribution >= 0.6 is 15.9 Å². The van der Waals surface area contributed by atoms with Crippen LogP contribution in [0, 0.1) is 0 Å². The van der Waals surface area contributed by atoms with Gasteiger partial charge in [-0.3, -0.25) is 0 Å². The third kappa shape index (κ3) is 1.59. The second-order valence-corrected chi connectivity index (χ2v) is 4.41. The fraction of sp³-hybridized carbons (Fsp3) is 0.333. The molecule has 0 saturated carbocycles. The van der Waals surface area contributed by atoms with Gasteiger partial charge in [0.2, 0.25) is 0 Å². The minimum Gasteiger partial charge on any atom is -0.497 e. The maximum Gasteiger partial charge on any atom is 0.119 e. The Balaban J connectivity index is 2.51. The van der Waals surface area contributed by atoms with Gasteiger partial charge in [0.1, 0.15) is 5.75 Å². The maximum atomic E-state index is 5.21. The van der Waals surface area contributed by atoms with Crippen molar-refractivity contribution in [1.82, 2.24) is 0 Å². The second-order valence-electron chi connectivity index (χ2n) is 3.62. The molecule has 0 aromatic heterocycles. The third-order valence-corrected chi connectivity index (χ3v) is 3.80. The second kappa shape index (κ2) is 3.77. The zero-order valence-corrected chi connectivity index (χ0v) is 10.0. The minimum absolute atomic E-state index is 0.948. The molecule has 0 saturated heterocycles. The molecule has 1 nitrogen and oxygen atoms in total. The van der Waals surface area contributed by atoms with Crippen LogP contribution in [-0.2, 0) is 6.42 Å². The molecule has 2 heteroatoms. The Morgan fingerprint density at radius 1 is 1.29 bits per heavy atom. The molecule has 0 bridgehead atoms. The van der Waals surface area contributed by atoms with Crippen molar-refractivity contribution in [2.75, 3.05) is 7.11 Å². The van der Waals surface area contributed by atoms with E-state index < -0.39 is 0 Å². The lowest BCUT2D eigenvalue weighted by Crippen LogP contribution is -2.00. The Labute approximate surface area is 92.9 Å². The molecule has 1 aromatic carbocycles. The first kappa shape index (κ1) is 9.78. The Bertz CT molecular complexity index is 393. The fourth-order valence-corrected chi connectivity index (χ4v) is 2.36. The van der Waals surface area contributed by atoms with Crippen molar-refractivity contribution in [2.24, 2.45) is 0 Å². The van der Waals surface area contributed by atoms with Gasteiger partial charge >= 0.3 is 0 Å². The lowest BCUT2D eigenvalue weighted by molar-refractivity contribution is 0.414. The van der Waals surface area contributed by atoms with Crippen molar-refractivity contribution in [2.45, 2.75) is 19.8 Å². The monoisotopic (exact) mass is 252 g/mol. The summed E-state index contributed by atoms with van der Waals surface area (Å²) >= 11 is 3.64. The van der Waals surface area contributed by atoms with Crippen LogP contribution in [0.15, 0.2) is 23.8 Å². The first-order chi connectivity index (χ1) is 6.72. The molecule has 0 unspecified atom stereocenters. The van der Waals surface area contributed by atoms with Crippen LogP contribution in [-0.4, -0.2) is 7.11 Å². The normalized spacial score (nSPS) is 15.4. The van der Waals surface area contributed by atoms with Gasteiger partial charge < -0.3 is 4.74 Å². The first-order valence-electron chi connectivity index (χ1n) is 4.75. The summed E-state index contributed by atoms with van der Waals surface area (Å²) in [5.41, 5.74) is 4.12. The highest BCUT2D eigenvalue weighted by atomic mass is 79.9. The van der Waals surface area contributed by atoms with Gasteiger partial charge in [-0.1, -0.05) is 21.5 Å². The number of methoxy groups -OCH3 is 1. The molecule has 74 valence electrons. The molecule has 0 aliphatic heterocycles. The summed E-state index contributed by atoms with van der Waals surface area (Å²) in [6.07, 6.45) is 2.26. The van der Waals surface area contributed by atoms with E-state index in [4.69, 9.17) is 4.74 Å². The van der Waals surface area contributed by atoms with Crippen molar-refractivity contribution in [3.05, 3.63) is 34.9 Å². The number of aryl methyl sites for hydroxylation is 1. The standard InChI is InChI=1S/C12H13BrO/c1-8-3-4-9-7-10(14-2)5-6-11(9)12(8)13/h5-7H,3-4H2,1-2H3. The first-order valence-corrected chi connectivity index (χ1v) is 5.54. The van der Waals surface area contributed by atoms with Gasteiger partial charge in [0, 0.05) is 4.48 Å². The number of allylic oxidation sites excluding steroid dienone is 1. The molecule has 0 N–H and O–H groups in total. The number of hydrogen-bond acceptors (Lipinski definition) is 1. The van der Waals surface area contributed by atoms with Crippen LogP contribution in [0.3, 0.4) is 0 Å². The molecule has 0 heterocycles. The Morgan fingerprint density at radius 2 is 2.07 bits per heavy atom. The molecule has 0 radical (unpaired) electrons. The van der Waals surface area contributed by atoms with Gasteiger partial charge in [-0.15, -0.1) is 0 Å². The predicted octanol–water partition coefficient (Wildman–Crippen LogP) is 3.77. The molecule has 0 spiro atoms. The summed E-state index contributed by atoms with van der Waals surface area (Å²) in [6.45, 7) is 2.18. The van der Waals surface area contributed by atoms with Crippen molar-refractivity contribution in [3.63, 3.8) is 0 Å². The summed E-state index contributed by atoms with van der Waals surface area (Å²) in [7, 11) is 1.71. The molecule has 1 aromatic rings. The van der Waals surface area contributed by atoms with Crippen LogP contribution < -0.4 is 4.74 Å². The highest BCUT2D eigenvalue weighted by Gasteiger charge is 2.14. The van der Waals surface area contributed by atoms with Crippen LogP contribution in [0.4, 0.5) is 0 Å². The van der Waals surface area contributed by atoms with Crippen molar-refractivity contribution in [1.29, 1.82) is 0 Å². The highest BCUT2D eigenvalue weighted by molar-refractivity contribution is 9.15. The molecular formula is C12H13BrO. The van der Waals surface area contributed by atoms with E-state index in [9.17, 15) is 0 Å². The van der Waals surface area contributed by atoms with Gasteiger partial charge in [0.25, 0.3) is 0 Å². The number of ether oxygens (including phenoxy) is 1. The maximum absolute atomic E-state index is 5.21. The quantitative estimate of drug-likeness (QED) is 0.740. The molecular weight excluding hydrogens is 240 g/mol. The largest absolute Gasteiger partial charge is 0.497 e. The highest BCUT2D eigenvalue weighted by Crippen LogP contribution is 2.36. The van der Waals surface area contributed by atoms with Gasteiger partial charge in [-0.05, 0) is 49.1 Å². The van der Waals surface area contributed by atoms with Gasteiger partial charge in [-0.25, -0.2) is 0 Å². The minimum atomic E-state index is 0.948. The van der Waals surface area contributed by atoms with E-state index in [1.807, 2.05) is 6.07 Å². The summed E-state index contributed by atoms with van der Waals surface area (Å²) in [5.74, 6) is 0.948. The molecule has 0 fully saturated rings. The molecule has 0 atom stereocenters. The van der Waals surface area contributed by atoms with Crippen LogP contribution in [0.2, 0.25) is 0 Å². The Kier molecular flexibility index (Phi) is 2.64. The van der Waals surface area contributed by atoms with E-state index >= 15 is 0 Å². The van der Waals surface area contributed by atoms with Gasteiger partial charge in [0.05, 0.1) is 7.11 Å². The van der Waals surface area contributed by atoms with Crippen LogP contribution in [0.1, 0.15) is 24.5 Å². The molecule has 1 aliphatic carbocycles. The lowest BCUT2D eigenvalue weighted by Gasteiger charge is -2.18. The van der Waals surface area contributed by atoms with E-state index in [1.54, 1.807) is 7.11 Å². The van der Waals surface area contributed by atoms with Gasteiger partial charge in [-0.2, -0.15) is 0 Å². The van der Waals surface area contributed by atoms with Crippen LogP contribution in [0.5, 0.6) is 5.75 Å². The van der Waals surface area contributed by atoms with E-state index in [-0.39, 0.29) is 0 Å². The van der Waals surface area contributed by atoms with E-state index in [2.05, 4.69) is 35.0 Å². The predicted molar refractivity (Wildman–Crippen MR) is 62.8 cm³/mol. The number of halogens is 1. The number of fused-ring (bicyclic) bond motifs is 1. The zero-order chi connectivity index (χ0) is 10.1. The number of rotatable bonds is 1. The van der Waals surface area contributed by atoms with Crippen molar-refractivity contribution >= 4 is 20.4 Å². The average molecular weight is 253 g/mol. The van der Waals surface area contributed by atoms with Gasteiger partial charge in [0.15, 0.2) is 0 Å². The summed E-state index contributed by atoms with van der Waals surface area (Å²) < 4.78 is 6.46. The summed E-state index contributed by atoms with van der Waals surface area (Å²) in [4.78, 5) is 0. The smallest absolute Gasteiger partial charge is 0.119 e. The third-order valence-electron chi connectivity index (χ3n) is 2.69. The van der Waals surface area contributed by atoms with Crippen LogP contribution in [0.25, 0.3) is 4.48 Å². The van der Waals surface area contributed by atoms with Crippen molar-refractivity contribution in [3.8, 4) is 5.75 Å². The number of benzene rings is 1. The molecule has 0 amide bonds. The Morgan fingerprint density at radius 3 is 2.79 bits per heavy atom. The molecule has 14 heavy (non-hydrogen) atoms. The lowest BCUT2D eigenvalue weighted by atomic mass is 9.93. The topological polar surface area (TPSA) is 9.23 Å².